The van der Waals surface area contributed by atoms with Crippen LogP contribution in [0.5, 0.6) is 0 Å². The van der Waals surface area contributed by atoms with Gasteiger partial charge in [0.15, 0.2) is 0 Å². The topological polar surface area (TPSA) is 35.9 Å². The second kappa shape index (κ2) is 5.96. The second-order valence-corrected chi connectivity index (χ2v) is 5.28. The Hall–Kier alpha value is -0.160. The van der Waals surface area contributed by atoms with E-state index in [1.165, 1.54) is 0 Å². The van der Waals surface area contributed by atoms with Gasteiger partial charge in [-0.1, -0.05) is 0 Å². The summed E-state index contributed by atoms with van der Waals surface area (Å²) in [5.74, 6) is 0. The summed E-state index contributed by atoms with van der Waals surface area (Å²) in [5, 5.41) is 9.79. The lowest BCUT2D eigenvalue weighted by Gasteiger charge is -2.45. The van der Waals surface area contributed by atoms with Crippen LogP contribution < -0.4 is 0 Å². The van der Waals surface area contributed by atoms with Gasteiger partial charge in [-0.15, -0.1) is 0 Å². The maximum atomic E-state index is 9.79. The molecule has 1 atom stereocenters. The number of piperazine rings is 1. The van der Waals surface area contributed by atoms with Crippen LogP contribution in [-0.2, 0) is 4.74 Å². The summed E-state index contributed by atoms with van der Waals surface area (Å²) in [6.45, 7) is 11.4. The minimum Gasteiger partial charge on any atom is -0.389 e. The third-order valence-electron chi connectivity index (χ3n) is 3.38. The number of rotatable bonds is 5. The Morgan fingerprint density at radius 1 is 1.38 bits per heavy atom. The van der Waals surface area contributed by atoms with E-state index in [-0.39, 0.29) is 11.6 Å². The van der Waals surface area contributed by atoms with Crippen molar-refractivity contribution >= 4 is 0 Å². The first-order valence-corrected chi connectivity index (χ1v) is 6.15. The maximum absolute atomic E-state index is 9.79. The number of ether oxygens (including phenoxy) is 1. The van der Waals surface area contributed by atoms with Crippen molar-refractivity contribution in [3.63, 3.8) is 0 Å². The second-order valence-electron chi connectivity index (χ2n) is 5.28. The zero-order chi connectivity index (χ0) is 12.2. The number of aliphatic hydroxyl groups is 1. The average Bonchev–Trinajstić information content (AvgIpc) is 2.20. The maximum Gasteiger partial charge on any atom is 0.0900 e. The van der Waals surface area contributed by atoms with Crippen molar-refractivity contribution in [3.8, 4) is 0 Å². The summed E-state index contributed by atoms with van der Waals surface area (Å²) in [6, 6.07) is 0. The summed E-state index contributed by atoms with van der Waals surface area (Å²) in [6.07, 6.45) is -0.362. The molecule has 0 aromatic carbocycles. The molecule has 0 aromatic rings. The Balaban J connectivity index is 2.33. The highest BCUT2D eigenvalue weighted by Gasteiger charge is 2.31. The lowest BCUT2D eigenvalue weighted by Crippen LogP contribution is -2.58. The Morgan fingerprint density at radius 2 is 2.06 bits per heavy atom. The largest absolute Gasteiger partial charge is 0.389 e. The van der Waals surface area contributed by atoms with E-state index in [1.807, 2.05) is 6.92 Å². The molecule has 0 radical (unpaired) electrons. The number of β-amino-alcohol motifs (C(OH)–C–C–N with tert-alkyl or cyclic N) is 1. The van der Waals surface area contributed by atoms with Gasteiger partial charge in [0.25, 0.3) is 0 Å². The minimum absolute atomic E-state index is 0.198. The first-order chi connectivity index (χ1) is 7.45. The van der Waals surface area contributed by atoms with E-state index in [4.69, 9.17) is 4.74 Å². The lowest BCUT2D eigenvalue weighted by molar-refractivity contribution is -0.0131. The molecule has 0 saturated carbocycles. The third-order valence-corrected chi connectivity index (χ3v) is 3.38. The van der Waals surface area contributed by atoms with Crippen molar-refractivity contribution < 1.29 is 9.84 Å². The van der Waals surface area contributed by atoms with Gasteiger partial charge in [-0.3, -0.25) is 9.80 Å². The molecule has 1 aliphatic rings. The Kier molecular flexibility index (Phi) is 5.18. The molecular weight excluding hydrogens is 204 g/mol. The van der Waals surface area contributed by atoms with Crippen molar-refractivity contribution in [2.75, 3.05) is 46.4 Å². The molecule has 4 nitrogen and oxygen atoms in total. The van der Waals surface area contributed by atoms with E-state index >= 15 is 0 Å². The van der Waals surface area contributed by atoms with Gasteiger partial charge < -0.3 is 9.84 Å². The summed E-state index contributed by atoms with van der Waals surface area (Å²) >= 11 is 0. The monoisotopic (exact) mass is 230 g/mol. The van der Waals surface area contributed by atoms with Gasteiger partial charge in [0.05, 0.1) is 12.7 Å². The number of hydrogen-bond acceptors (Lipinski definition) is 4. The van der Waals surface area contributed by atoms with Crippen LogP contribution in [0.2, 0.25) is 0 Å². The van der Waals surface area contributed by atoms with E-state index in [0.29, 0.717) is 13.2 Å². The number of nitrogens with zero attached hydrogens (tertiary/aromatic N) is 2. The van der Waals surface area contributed by atoms with Crippen LogP contribution >= 0.6 is 0 Å². The Morgan fingerprint density at radius 3 is 2.62 bits per heavy atom. The normalized spacial score (nSPS) is 24.6. The van der Waals surface area contributed by atoms with Crippen molar-refractivity contribution in [2.24, 2.45) is 0 Å². The van der Waals surface area contributed by atoms with E-state index < -0.39 is 0 Å². The van der Waals surface area contributed by atoms with Crippen LogP contribution in [0, 0.1) is 0 Å². The first-order valence-electron chi connectivity index (χ1n) is 6.15. The van der Waals surface area contributed by atoms with Crippen molar-refractivity contribution in [2.45, 2.75) is 32.4 Å². The standard InChI is InChI=1S/C12H26N2O2/c1-5-16-9-11(15)8-14-7-6-13(4)12(2,3)10-14/h11,15H,5-10H2,1-4H3. The predicted octanol–water partition coefficient (Wildman–Crippen LogP) is 0.410. The summed E-state index contributed by atoms with van der Waals surface area (Å²) in [7, 11) is 2.16. The molecule has 0 amide bonds. The quantitative estimate of drug-likeness (QED) is 0.742. The molecule has 4 heteroatoms. The molecule has 1 heterocycles. The fraction of sp³-hybridized carbons (Fsp3) is 1.00. The molecule has 1 rings (SSSR count). The van der Waals surface area contributed by atoms with Crippen LogP contribution in [0.15, 0.2) is 0 Å². The van der Waals surface area contributed by atoms with Gasteiger partial charge in [-0.25, -0.2) is 0 Å². The fourth-order valence-corrected chi connectivity index (χ4v) is 2.10. The molecule has 0 aromatic heterocycles. The van der Waals surface area contributed by atoms with Crippen LogP contribution in [-0.4, -0.2) is 73.0 Å². The molecule has 0 bridgehead atoms. The van der Waals surface area contributed by atoms with Crippen LogP contribution in [0.25, 0.3) is 0 Å². The SMILES string of the molecule is CCOCC(O)CN1CCN(C)C(C)(C)C1. The highest BCUT2D eigenvalue weighted by molar-refractivity contribution is 4.88. The fourth-order valence-electron chi connectivity index (χ4n) is 2.10. The number of likely N-dealkylation sites (N-methyl/N-ethyl adjacent to an activating group) is 1. The van der Waals surface area contributed by atoms with E-state index in [9.17, 15) is 5.11 Å². The Labute approximate surface area is 99.2 Å². The molecule has 1 N–H and O–H groups in total. The zero-order valence-electron chi connectivity index (χ0n) is 11.1. The van der Waals surface area contributed by atoms with E-state index in [0.717, 1.165) is 26.2 Å². The highest BCUT2D eigenvalue weighted by atomic mass is 16.5. The zero-order valence-corrected chi connectivity index (χ0v) is 11.1. The third kappa shape index (κ3) is 4.01. The molecule has 1 saturated heterocycles. The van der Waals surface area contributed by atoms with Crippen molar-refractivity contribution in [1.82, 2.24) is 9.80 Å². The molecule has 1 unspecified atom stereocenters. The molecular formula is C12H26N2O2. The first kappa shape index (κ1) is 13.9. The number of aliphatic hydroxyl groups excluding tert-OH is 1. The molecule has 0 spiro atoms. The van der Waals surface area contributed by atoms with E-state index in [2.05, 4.69) is 30.7 Å². The Bertz CT molecular complexity index is 209. The van der Waals surface area contributed by atoms with Crippen molar-refractivity contribution in [1.29, 1.82) is 0 Å². The van der Waals surface area contributed by atoms with Gasteiger partial charge in [-0.2, -0.15) is 0 Å². The summed E-state index contributed by atoms with van der Waals surface area (Å²) in [4.78, 5) is 4.70. The lowest BCUT2D eigenvalue weighted by atomic mass is 9.99. The van der Waals surface area contributed by atoms with Gasteiger partial charge in [0.2, 0.25) is 0 Å². The van der Waals surface area contributed by atoms with Gasteiger partial charge in [-0.05, 0) is 27.8 Å². The molecule has 1 fully saturated rings. The van der Waals surface area contributed by atoms with Gasteiger partial charge in [0.1, 0.15) is 0 Å². The predicted molar refractivity (Wildman–Crippen MR) is 65.6 cm³/mol. The van der Waals surface area contributed by atoms with Crippen LogP contribution in [0.4, 0.5) is 0 Å². The minimum atomic E-state index is -0.362. The van der Waals surface area contributed by atoms with Gasteiger partial charge in [0, 0.05) is 38.3 Å². The summed E-state index contributed by atoms with van der Waals surface area (Å²) in [5.41, 5.74) is 0.198. The summed E-state index contributed by atoms with van der Waals surface area (Å²) < 4.78 is 5.22. The van der Waals surface area contributed by atoms with Crippen molar-refractivity contribution in [3.05, 3.63) is 0 Å². The molecule has 16 heavy (non-hydrogen) atoms. The highest BCUT2D eigenvalue weighted by Crippen LogP contribution is 2.18. The smallest absolute Gasteiger partial charge is 0.0900 e. The van der Waals surface area contributed by atoms with Crippen LogP contribution in [0.1, 0.15) is 20.8 Å². The molecule has 1 aliphatic heterocycles. The molecule has 96 valence electrons. The van der Waals surface area contributed by atoms with Crippen LogP contribution in [0.3, 0.4) is 0 Å². The average molecular weight is 230 g/mol. The molecule has 0 aliphatic carbocycles. The number of hydrogen-bond donors (Lipinski definition) is 1. The van der Waals surface area contributed by atoms with Gasteiger partial charge >= 0.3 is 0 Å². The van der Waals surface area contributed by atoms with E-state index in [1.54, 1.807) is 0 Å².